The zero-order valence-corrected chi connectivity index (χ0v) is 16.2. The fourth-order valence-corrected chi connectivity index (χ4v) is 5.18. The maximum Gasteiger partial charge on any atom is 0.115 e. The molecule has 1 aliphatic carbocycles. The summed E-state index contributed by atoms with van der Waals surface area (Å²) in [4.78, 5) is 2.60. The highest BCUT2D eigenvalue weighted by Gasteiger charge is 2.48. The van der Waals surface area contributed by atoms with Gasteiger partial charge in [0.15, 0.2) is 0 Å². The van der Waals surface area contributed by atoms with Crippen LogP contribution in [0.2, 0.25) is 0 Å². The Kier molecular flexibility index (Phi) is 5.25. The van der Waals surface area contributed by atoms with Gasteiger partial charge in [0.2, 0.25) is 0 Å². The van der Waals surface area contributed by atoms with E-state index in [0.717, 1.165) is 45.2 Å². The molecule has 2 aliphatic rings. The van der Waals surface area contributed by atoms with Crippen molar-refractivity contribution in [2.75, 3.05) is 13.1 Å². The Morgan fingerprint density at radius 2 is 1.59 bits per heavy atom. The number of fused-ring (bicyclic) bond motifs is 1. The fourth-order valence-electron chi connectivity index (χ4n) is 5.18. The number of likely N-dealkylation sites (tertiary alicyclic amines) is 1. The molecule has 4 atom stereocenters. The highest BCUT2D eigenvalue weighted by Crippen LogP contribution is 2.46. The summed E-state index contributed by atoms with van der Waals surface area (Å²) in [6.07, 6.45) is 4.77. The molecular weight excluding hydrogens is 334 g/mol. The van der Waals surface area contributed by atoms with Crippen LogP contribution in [0, 0.1) is 11.8 Å². The molecule has 27 heavy (non-hydrogen) atoms. The van der Waals surface area contributed by atoms with E-state index in [4.69, 9.17) is 0 Å². The largest absolute Gasteiger partial charge is 0.508 e. The molecular formula is C24H31NO2. The van der Waals surface area contributed by atoms with Gasteiger partial charge in [0, 0.05) is 19.1 Å². The summed E-state index contributed by atoms with van der Waals surface area (Å²) in [5, 5.41) is 20.5. The number of aromatic hydroxyl groups is 1. The number of nitrogens with zero attached hydrogens (tertiary/aromatic N) is 1. The van der Waals surface area contributed by atoms with Gasteiger partial charge >= 0.3 is 0 Å². The molecule has 1 saturated carbocycles. The normalized spacial score (nSPS) is 29.0. The molecule has 1 saturated heterocycles. The van der Waals surface area contributed by atoms with E-state index in [2.05, 4.69) is 36.1 Å². The second kappa shape index (κ2) is 7.65. The molecule has 1 aliphatic heterocycles. The molecule has 3 heteroatoms. The molecule has 4 rings (SSSR count). The maximum atomic E-state index is 11.1. The van der Waals surface area contributed by atoms with Gasteiger partial charge in [0.05, 0.1) is 5.60 Å². The van der Waals surface area contributed by atoms with Crippen LogP contribution in [0.25, 0.3) is 0 Å². The Morgan fingerprint density at radius 1 is 0.963 bits per heavy atom. The van der Waals surface area contributed by atoms with E-state index in [1.54, 1.807) is 12.1 Å². The zero-order chi connectivity index (χ0) is 18.9. The smallest absolute Gasteiger partial charge is 0.115 e. The summed E-state index contributed by atoms with van der Waals surface area (Å²) in [5.41, 5.74) is 2.13. The first-order valence-corrected chi connectivity index (χ1v) is 10.3. The van der Waals surface area contributed by atoms with Crippen LogP contribution in [0.3, 0.4) is 0 Å². The van der Waals surface area contributed by atoms with Crippen molar-refractivity contribution in [1.29, 1.82) is 0 Å². The van der Waals surface area contributed by atoms with Crippen LogP contribution >= 0.6 is 0 Å². The summed E-state index contributed by atoms with van der Waals surface area (Å²) < 4.78 is 0. The summed E-state index contributed by atoms with van der Waals surface area (Å²) in [5.74, 6) is 1.60. The minimum Gasteiger partial charge on any atom is -0.508 e. The SMILES string of the molecule is CC(Cc1ccc(O)cc1)N1C[C@@H]2CC(O)(CCc3ccccc3)C[C@@H]2C1. The first kappa shape index (κ1) is 18.5. The van der Waals surface area contributed by atoms with Gasteiger partial charge in [-0.2, -0.15) is 0 Å². The lowest BCUT2D eigenvalue weighted by atomic mass is 9.91. The zero-order valence-electron chi connectivity index (χ0n) is 16.2. The lowest BCUT2D eigenvalue weighted by molar-refractivity contribution is 0.0254. The third kappa shape index (κ3) is 4.36. The van der Waals surface area contributed by atoms with Crippen molar-refractivity contribution >= 4 is 0 Å². The van der Waals surface area contributed by atoms with Crippen LogP contribution in [-0.4, -0.2) is 39.8 Å². The van der Waals surface area contributed by atoms with Gasteiger partial charge in [0.25, 0.3) is 0 Å². The molecule has 0 amide bonds. The monoisotopic (exact) mass is 365 g/mol. The lowest BCUT2D eigenvalue weighted by Crippen LogP contribution is -2.36. The van der Waals surface area contributed by atoms with Crippen molar-refractivity contribution in [2.24, 2.45) is 11.8 Å². The van der Waals surface area contributed by atoms with Gasteiger partial charge < -0.3 is 10.2 Å². The highest BCUT2D eigenvalue weighted by atomic mass is 16.3. The minimum atomic E-state index is -0.475. The molecule has 2 aromatic carbocycles. The molecule has 1 heterocycles. The van der Waals surface area contributed by atoms with E-state index < -0.39 is 5.60 Å². The summed E-state index contributed by atoms with van der Waals surface area (Å²) >= 11 is 0. The van der Waals surface area contributed by atoms with Gasteiger partial charge in [-0.25, -0.2) is 0 Å². The van der Waals surface area contributed by atoms with E-state index in [1.165, 1.54) is 11.1 Å². The molecule has 144 valence electrons. The maximum absolute atomic E-state index is 11.1. The number of phenolic OH excluding ortho intramolecular Hbond substituents is 1. The molecule has 2 fully saturated rings. The van der Waals surface area contributed by atoms with E-state index in [0.29, 0.717) is 23.6 Å². The first-order valence-electron chi connectivity index (χ1n) is 10.3. The number of hydrogen-bond donors (Lipinski definition) is 2. The third-order valence-corrected chi connectivity index (χ3v) is 6.70. The second-order valence-corrected chi connectivity index (χ2v) is 8.81. The van der Waals surface area contributed by atoms with Crippen LogP contribution in [0.1, 0.15) is 37.3 Å². The molecule has 3 nitrogen and oxygen atoms in total. The lowest BCUT2D eigenvalue weighted by Gasteiger charge is -2.29. The van der Waals surface area contributed by atoms with Gasteiger partial charge in [-0.3, -0.25) is 4.90 Å². The van der Waals surface area contributed by atoms with Crippen molar-refractivity contribution in [3.63, 3.8) is 0 Å². The predicted molar refractivity (Wildman–Crippen MR) is 109 cm³/mol. The first-order chi connectivity index (χ1) is 13.0. The van der Waals surface area contributed by atoms with Gasteiger partial charge in [-0.15, -0.1) is 0 Å². The minimum absolute atomic E-state index is 0.330. The van der Waals surface area contributed by atoms with E-state index >= 15 is 0 Å². The number of aryl methyl sites for hydroxylation is 1. The molecule has 0 radical (unpaired) electrons. The topological polar surface area (TPSA) is 43.7 Å². The fraction of sp³-hybridized carbons (Fsp3) is 0.500. The average Bonchev–Trinajstić information content (AvgIpc) is 3.18. The highest BCUT2D eigenvalue weighted by molar-refractivity contribution is 5.26. The number of phenols is 1. The van der Waals surface area contributed by atoms with E-state index in [9.17, 15) is 10.2 Å². The van der Waals surface area contributed by atoms with Gasteiger partial charge in [-0.05, 0) is 74.1 Å². The average molecular weight is 366 g/mol. The number of rotatable bonds is 6. The van der Waals surface area contributed by atoms with E-state index in [1.807, 2.05) is 18.2 Å². The molecule has 0 aromatic heterocycles. The van der Waals surface area contributed by atoms with Crippen LogP contribution < -0.4 is 0 Å². The predicted octanol–water partition coefficient (Wildman–Crippen LogP) is 4.03. The van der Waals surface area contributed by atoms with Crippen LogP contribution in [0.15, 0.2) is 54.6 Å². The molecule has 0 bridgehead atoms. The summed E-state index contributed by atoms with van der Waals surface area (Å²) in [6, 6.07) is 18.6. The van der Waals surface area contributed by atoms with Crippen LogP contribution in [0.5, 0.6) is 5.75 Å². The quantitative estimate of drug-likeness (QED) is 0.812. The van der Waals surface area contributed by atoms with Crippen molar-refractivity contribution in [3.8, 4) is 5.75 Å². The molecule has 0 spiro atoms. The Labute approximate surface area is 162 Å². The molecule has 2 unspecified atom stereocenters. The number of aliphatic hydroxyl groups is 1. The number of hydrogen-bond acceptors (Lipinski definition) is 3. The third-order valence-electron chi connectivity index (χ3n) is 6.70. The van der Waals surface area contributed by atoms with Gasteiger partial charge in [-0.1, -0.05) is 42.5 Å². The second-order valence-electron chi connectivity index (χ2n) is 8.81. The van der Waals surface area contributed by atoms with Crippen molar-refractivity contribution < 1.29 is 10.2 Å². The standard InChI is InChI=1S/C24H31NO2/c1-18(13-20-7-9-23(26)10-8-20)25-16-21-14-24(27,15-22(21)17-25)12-11-19-5-3-2-4-6-19/h2-10,18,21-22,26-27H,11-17H2,1H3/t18?,21-,22+,24?. The Balaban J connectivity index is 1.29. The Hall–Kier alpha value is -1.84. The van der Waals surface area contributed by atoms with E-state index in [-0.39, 0.29) is 0 Å². The Morgan fingerprint density at radius 3 is 2.22 bits per heavy atom. The van der Waals surface area contributed by atoms with Crippen molar-refractivity contribution in [3.05, 3.63) is 65.7 Å². The van der Waals surface area contributed by atoms with Crippen molar-refractivity contribution in [2.45, 2.75) is 50.7 Å². The van der Waals surface area contributed by atoms with Crippen LogP contribution in [0.4, 0.5) is 0 Å². The van der Waals surface area contributed by atoms with Gasteiger partial charge in [0.1, 0.15) is 5.75 Å². The number of benzene rings is 2. The summed E-state index contributed by atoms with van der Waals surface area (Å²) in [6.45, 7) is 4.52. The van der Waals surface area contributed by atoms with Crippen molar-refractivity contribution in [1.82, 2.24) is 4.90 Å². The molecule has 2 aromatic rings. The van der Waals surface area contributed by atoms with Crippen LogP contribution in [-0.2, 0) is 12.8 Å². The molecule has 2 N–H and O–H groups in total. The summed E-state index contributed by atoms with van der Waals surface area (Å²) in [7, 11) is 0. The Bertz CT molecular complexity index is 729.